The van der Waals surface area contributed by atoms with Crippen molar-refractivity contribution < 1.29 is 9.16 Å². The summed E-state index contributed by atoms with van der Waals surface area (Å²) < 4.78 is 13.4. The second-order valence-corrected chi connectivity index (χ2v) is 13.6. The van der Waals surface area contributed by atoms with E-state index in [1.807, 2.05) is 0 Å². The molecule has 2 aromatic carbocycles. The van der Waals surface area contributed by atoms with Crippen molar-refractivity contribution in [3.8, 4) is 0 Å². The van der Waals surface area contributed by atoms with Gasteiger partial charge < -0.3 is 9.16 Å². The van der Waals surface area contributed by atoms with E-state index in [-0.39, 0.29) is 17.2 Å². The lowest BCUT2D eigenvalue weighted by atomic mass is 9.88. The quantitative estimate of drug-likeness (QED) is 0.672. The molecule has 29 heavy (non-hydrogen) atoms. The molecule has 2 aromatic rings. The molecule has 4 rings (SSSR count). The van der Waals surface area contributed by atoms with Crippen molar-refractivity contribution in [1.29, 1.82) is 0 Å². The van der Waals surface area contributed by atoms with Crippen molar-refractivity contribution in [2.24, 2.45) is 11.8 Å². The summed E-state index contributed by atoms with van der Waals surface area (Å²) in [6.45, 7) is 10.0. The molecule has 1 fully saturated rings. The third-order valence-corrected chi connectivity index (χ3v) is 11.6. The number of allylic oxidation sites excluding steroid dienone is 2. The molecule has 2 nitrogen and oxygen atoms in total. The second-order valence-electron chi connectivity index (χ2n) is 9.33. The molecule has 0 radical (unpaired) electrons. The van der Waals surface area contributed by atoms with Gasteiger partial charge in [0.1, 0.15) is 0 Å². The summed E-state index contributed by atoms with van der Waals surface area (Å²) in [5, 5.41) is 2.67. The first-order chi connectivity index (χ1) is 13.9. The number of hydrogen-bond acceptors (Lipinski definition) is 2. The molecule has 2 heterocycles. The van der Waals surface area contributed by atoms with Crippen LogP contribution in [-0.2, 0) is 9.16 Å². The van der Waals surface area contributed by atoms with Gasteiger partial charge in [0.25, 0.3) is 8.32 Å². The highest BCUT2D eigenvalue weighted by Crippen LogP contribution is 2.40. The first-order valence-corrected chi connectivity index (χ1v) is 12.6. The largest absolute Gasteiger partial charge is 0.407 e. The highest BCUT2D eigenvalue weighted by molar-refractivity contribution is 6.99. The number of rotatable bonds is 5. The monoisotopic (exact) mass is 404 g/mol. The molecule has 4 atom stereocenters. The van der Waals surface area contributed by atoms with Crippen molar-refractivity contribution in [1.82, 2.24) is 0 Å². The average molecular weight is 405 g/mol. The molecule has 0 aliphatic carbocycles. The number of hydrogen-bond donors (Lipinski definition) is 0. The van der Waals surface area contributed by atoms with E-state index >= 15 is 0 Å². The van der Waals surface area contributed by atoms with Crippen LogP contribution in [-0.4, -0.2) is 27.1 Å². The fourth-order valence-electron chi connectivity index (χ4n) is 4.93. The Balaban J connectivity index is 1.73. The Morgan fingerprint density at radius 3 is 1.86 bits per heavy atom. The maximum atomic E-state index is 7.17. The standard InChI is InChI=1S/C26H32O2Si/c1-20-23(25-18-12-11-17-24(20)28-25)19-27-29(26(2,3)4,21-13-7-5-8-14-21)22-15-9-6-10-16-22/h5-18,20,23-25H,19H2,1-4H3/t20-,23+,24+,25-/m1/s1. The highest BCUT2D eigenvalue weighted by atomic mass is 28.4. The molecule has 152 valence electrons. The molecule has 2 bridgehead atoms. The molecular weight excluding hydrogens is 372 g/mol. The van der Waals surface area contributed by atoms with Gasteiger partial charge in [-0.15, -0.1) is 0 Å². The van der Waals surface area contributed by atoms with Crippen LogP contribution in [0.4, 0.5) is 0 Å². The average Bonchev–Trinajstić information content (AvgIpc) is 2.87. The number of fused-ring (bicyclic) bond motifs is 2. The van der Waals surface area contributed by atoms with Gasteiger partial charge in [0.2, 0.25) is 0 Å². The number of ether oxygens (including phenoxy) is 1. The zero-order valence-electron chi connectivity index (χ0n) is 17.9. The van der Waals surface area contributed by atoms with Crippen LogP contribution < -0.4 is 10.4 Å². The van der Waals surface area contributed by atoms with Gasteiger partial charge in [-0.25, -0.2) is 0 Å². The maximum absolute atomic E-state index is 7.17. The van der Waals surface area contributed by atoms with Gasteiger partial charge >= 0.3 is 0 Å². The molecule has 0 amide bonds. The van der Waals surface area contributed by atoms with Crippen LogP contribution in [0.15, 0.2) is 85.0 Å². The van der Waals surface area contributed by atoms with Crippen LogP contribution in [0.1, 0.15) is 27.7 Å². The summed E-state index contributed by atoms with van der Waals surface area (Å²) in [7, 11) is -2.50. The van der Waals surface area contributed by atoms with Crippen LogP contribution in [0.3, 0.4) is 0 Å². The fourth-order valence-corrected chi connectivity index (χ4v) is 9.53. The molecule has 1 saturated heterocycles. The lowest BCUT2D eigenvalue weighted by molar-refractivity contribution is 0.0785. The van der Waals surface area contributed by atoms with E-state index in [2.05, 4.69) is 113 Å². The van der Waals surface area contributed by atoms with E-state index < -0.39 is 8.32 Å². The van der Waals surface area contributed by atoms with E-state index in [1.54, 1.807) is 0 Å². The van der Waals surface area contributed by atoms with E-state index in [0.29, 0.717) is 18.4 Å². The smallest absolute Gasteiger partial charge is 0.261 e. The maximum Gasteiger partial charge on any atom is 0.261 e. The van der Waals surface area contributed by atoms with Crippen LogP contribution in [0.5, 0.6) is 0 Å². The van der Waals surface area contributed by atoms with Gasteiger partial charge in [-0.2, -0.15) is 0 Å². The van der Waals surface area contributed by atoms with E-state index in [1.165, 1.54) is 10.4 Å². The first kappa shape index (κ1) is 20.3. The molecule has 0 aromatic heterocycles. The van der Waals surface area contributed by atoms with Gasteiger partial charge in [-0.3, -0.25) is 0 Å². The van der Waals surface area contributed by atoms with E-state index in [4.69, 9.17) is 9.16 Å². The third kappa shape index (κ3) is 3.68. The molecular formula is C26H32O2Si. The molecule has 0 spiro atoms. The van der Waals surface area contributed by atoms with Gasteiger partial charge in [-0.1, -0.05) is 113 Å². The van der Waals surface area contributed by atoms with Crippen molar-refractivity contribution in [2.45, 2.75) is 44.9 Å². The van der Waals surface area contributed by atoms with Crippen LogP contribution in [0, 0.1) is 11.8 Å². The zero-order chi connectivity index (χ0) is 20.5. The van der Waals surface area contributed by atoms with Crippen LogP contribution in [0.25, 0.3) is 0 Å². The minimum atomic E-state index is -2.50. The van der Waals surface area contributed by atoms with Gasteiger partial charge in [-0.05, 0) is 21.3 Å². The Labute approximate surface area is 176 Å². The topological polar surface area (TPSA) is 18.5 Å². The summed E-state index contributed by atoms with van der Waals surface area (Å²) in [6.07, 6.45) is 8.92. The summed E-state index contributed by atoms with van der Waals surface area (Å²) >= 11 is 0. The molecule has 2 aliphatic rings. The SMILES string of the molecule is C[C@@H]1[C@H](CO[Si](c2ccccc2)(c2ccccc2)C(C)(C)C)[C@H]2C=CC=C[C@@H]1O2. The van der Waals surface area contributed by atoms with Crippen LogP contribution >= 0.6 is 0 Å². The second kappa shape index (κ2) is 8.06. The van der Waals surface area contributed by atoms with E-state index in [0.717, 1.165) is 0 Å². The molecule has 0 N–H and O–H groups in total. The first-order valence-electron chi connectivity index (χ1n) is 10.7. The molecule has 2 aliphatic heterocycles. The predicted octanol–water partition coefficient (Wildman–Crippen LogP) is 4.71. The summed E-state index contributed by atoms with van der Waals surface area (Å²) in [5.41, 5.74) is 0. The van der Waals surface area contributed by atoms with Crippen molar-refractivity contribution in [2.75, 3.05) is 6.61 Å². The summed E-state index contributed by atoms with van der Waals surface area (Å²) in [6, 6.07) is 21.8. The van der Waals surface area contributed by atoms with Crippen molar-refractivity contribution >= 4 is 18.7 Å². The normalized spacial score (nSPS) is 26.5. The highest BCUT2D eigenvalue weighted by Gasteiger charge is 2.51. The Bertz CT molecular complexity index is 827. The minimum absolute atomic E-state index is 0.000114. The predicted molar refractivity (Wildman–Crippen MR) is 123 cm³/mol. The number of benzene rings is 2. The van der Waals surface area contributed by atoms with Crippen molar-refractivity contribution in [3.05, 3.63) is 85.0 Å². The molecule has 3 heteroatoms. The van der Waals surface area contributed by atoms with E-state index in [9.17, 15) is 0 Å². The molecule has 0 saturated carbocycles. The Hall–Kier alpha value is -1.94. The van der Waals surface area contributed by atoms with Crippen LogP contribution in [0.2, 0.25) is 5.04 Å². The Kier molecular flexibility index (Phi) is 5.65. The van der Waals surface area contributed by atoms with Gasteiger partial charge in [0.05, 0.1) is 12.2 Å². The minimum Gasteiger partial charge on any atom is -0.407 e. The Morgan fingerprint density at radius 2 is 1.34 bits per heavy atom. The molecule has 0 unspecified atom stereocenters. The Morgan fingerprint density at radius 1 is 0.828 bits per heavy atom. The summed E-state index contributed by atoms with van der Waals surface area (Å²) in [4.78, 5) is 0. The van der Waals surface area contributed by atoms with Gasteiger partial charge in [0.15, 0.2) is 0 Å². The fraction of sp³-hybridized carbons (Fsp3) is 0.385. The third-order valence-electron chi connectivity index (χ3n) is 6.55. The van der Waals surface area contributed by atoms with Gasteiger partial charge in [0, 0.05) is 12.5 Å². The lowest BCUT2D eigenvalue weighted by Crippen LogP contribution is -2.67. The lowest BCUT2D eigenvalue weighted by Gasteiger charge is -2.44. The zero-order valence-corrected chi connectivity index (χ0v) is 18.9. The van der Waals surface area contributed by atoms with Crippen molar-refractivity contribution in [3.63, 3.8) is 0 Å². The summed E-state index contributed by atoms with van der Waals surface area (Å²) in [5.74, 6) is 0.808.